The van der Waals surface area contributed by atoms with E-state index in [0.29, 0.717) is 44.1 Å². The first-order valence-corrected chi connectivity index (χ1v) is 14.0. The van der Waals surface area contributed by atoms with Gasteiger partial charge in [0, 0.05) is 56.4 Å². The number of piperidine rings is 1. The Labute approximate surface area is 232 Å². The number of nitrogens with zero attached hydrogens (tertiary/aromatic N) is 3. The monoisotopic (exact) mass is 531 g/mol. The number of carbonyl (C=O) groups excluding carboxylic acids is 2. The lowest BCUT2D eigenvalue weighted by molar-refractivity contribution is -0.137. The van der Waals surface area contributed by atoms with Crippen LogP contribution < -0.4 is 0 Å². The van der Waals surface area contributed by atoms with Crippen molar-refractivity contribution in [2.45, 2.75) is 51.7 Å². The number of piperazine rings is 1. The van der Waals surface area contributed by atoms with Crippen LogP contribution in [0.25, 0.3) is 0 Å². The van der Waals surface area contributed by atoms with Gasteiger partial charge in [-0.05, 0) is 69.0 Å². The van der Waals surface area contributed by atoms with Gasteiger partial charge in [-0.15, -0.1) is 6.58 Å². The van der Waals surface area contributed by atoms with E-state index in [-0.39, 0.29) is 29.7 Å². The Bertz CT molecular complexity index is 1200. The Hall–Kier alpha value is -3.42. The molecule has 0 bridgehead atoms. The van der Waals surface area contributed by atoms with E-state index < -0.39 is 0 Å². The minimum atomic E-state index is -0.313. The van der Waals surface area contributed by atoms with Crippen molar-refractivity contribution >= 4 is 11.9 Å². The van der Waals surface area contributed by atoms with Crippen LogP contribution in [0.15, 0.2) is 72.8 Å². The first kappa shape index (κ1) is 28.6. The second-order valence-corrected chi connectivity index (χ2v) is 10.6. The Morgan fingerprint density at radius 1 is 1.05 bits per heavy atom. The van der Waals surface area contributed by atoms with Crippen LogP contribution >= 0.6 is 0 Å². The van der Waals surface area contributed by atoms with Crippen molar-refractivity contribution in [3.05, 3.63) is 89.5 Å². The fourth-order valence-electron chi connectivity index (χ4n) is 5.79. The summed E-state index contributed by atoms with van der Waals surface area (Å²) in [6.45, 7) is 14.3. The number of ether oxygens (including phenoxy) is 1. The van der Waals surface area contributed by atoms with E-state index in [1.54, 1.807) is 19.1 Å². The van der Waals surface area contributed by atoms with Crippen molar-refractivity contribution in [2.24, 2.45) is 0 Å². The van der Waals surface area contributed by atoms with Gasteiger partial charge in [-0.1, -0.05) is 35.9 Å². The van der Waals surface area contributed by atoms with Crippen LogP contribution in [0.4, 0.5) is 0 Å². The molecule has 0 spiro atoms. The maximum Gasteiger partial charge on any atom is 0.330 e. The maximum absolute atomic E-state index is 13.5. The van der Waals surface area contributed by atoms with Gasteiger partial charge in [-0.2, -0.15) is 0 Å². The van der Waals surface area contributed by atoms with E-state index in [2.05, 4.69) is 42.4 Å². The first-order valence-electron chi connectivity index (χ1n) is 14.0. The van der Waals surface area contributed by atoms with Crippen molar-refractivity contribution in [1.29, 1.82) is 0 Å². The van der Waals surface area contributed by atoms with Gasteiger partial charge in [-0.25, -0.2) is 4.79 Å². The standard InChI is InChI=1S/C32H41N3O4/c1-5-15-34-21-24(4)35(22-23(34)3)31(27-10-8-12-29(36)20-27)26-9-7-11-28(19-26)32(38)33-16-13-25(14-17-33)18-30(37)39-6-2/h5,7-12,18-20,23-24,31,36H,1,6,13-17,21-22H2,2-4H3/t23-,24-,31?/m1/s1. The van der Waals surface area contributed by atoms with E-state index in [0.717, 1.165) is 36.3 Å². The first-order chi connectivity index (χ1) is 18.8. The molecular weight excluding hydrogens is 490 g/mol. The largest absolute Gasteiger partial charge is 0.508 e. The molecule has 2 aromatic carbocycles. The molecule has 2 saturated heterocycles. The summed E-state index contributed by atoms with van der Waals surface area (Å²) in [5, 5.41) is 10.3. The van der Waals surface area contributed by atoms with Crippen molar-refractivity contribution in [3.63, 3.8) is 0 Å². The molecule has 1 unspecified atom stereocenters. The third-order valence-electron chi connectivity index (χ3n) is 7.80. The molecule has 1 amide bonds. The molecule has 0 aromatic heterocycles. The van der Waals surface area contributed by atoms with Gasteiger partial charge in [0.25, 0.3) is 5.91 Å². The van der Waals surface area contributed by atoms with Gasteiger partial charge in [0.05, 0.1) is 12.6 Å². The fourth-order valence-corrected chi connectivity index (χ4v) is 5.79. The summed E-state index contributed by atoms with van der Waals surface area (Å²) in [5.74, 6) is -0.0820. The van der Waals surface area contributed by atoms with Crippen LogP contribution in [0.3, 0.4) is 0 Å². The highest BCUT2D eigenvalue weighted by Gasteiger charge is 2.35. The zero-order chi connectivity index (χ0) is 27.9. The second-order valence-electron chi connectivity index (χ2n) is 10.6. The Balaban J connectivity index is 1.58. The molecule has 39 heavy (non-hydrogen) atoms. The molecule has 4 rings (SSSR count). The minimum Gasteiger partial charge on any atom is -0.508 e. The van der Waals surface area contributed by atoms with Gasteiger partial charge >= 0.3 is 5.97 Å². The van der Waals surface area contributed by atoms with Crippen molar-refractivity contribution in [2.75, 3.05) is 39.3 Å². The van der Waals surface area contributed by atoms with Gasteiger partial charge < -0.3 is 14.7 Å². The highest BCUT2D eigenvalue weighted by atomic mass is 16.5. The van der Waals surface area contributed by atoms with Crippen LogP contribution in [-0.2, 0) is 9.53 Å². The van der Waals surface area contributed by atoms with Crippen LogP contribution in [0.1, 0.15) is 61.1 Å². The van der Waals surface area contributed by atoms with Crippen molar-refractivity contribution < 1.29 is 19.4 Å². The summed E-state index contributed by atoms with van der Waals surface area (Å²) >= 11 is 0. The normalized spacial score (nSPS) is 21.3. The van der Waals surface area contributed by atoms with Gasteiger partial charge in [0.1, 0.15) is 5.75 Å². The van der Waals surface area contributed by atoms with Crippen molar-refractivity contribution in [3.8, 4) is 5.75 Å². The number of esters is 1. The molecule has 1 N–H and O–H groups in total. The molecule has 0 saturated carbocycles. The quantitative estimate of drug-likeness (QED) is 0.300. The number of hydrogen-bond acceptors (Lipinski definition) is 6. The number of amides is 1. The number of carbonyl (C=O) groups is 2. The lowest BCUT2D eigenvalue weighted by atomic mass is 9.92. The average Bonchev–Trinajstić information content (AvgIpc) is 2.92. The molecular formula is C32H41N3O4. The van der Waals surface area contributed by atoms with Crippen LogP contribution in [0.2, 0.25) is 0 Å². The average molecular weight is 532 g/mol. The highest BCUT2D eigenvalue weighted by molar-refractivity contribution is 5.94. The van der Waals surface area contributed by atoms with Crippen LogP contribution in [0.5, 0.6) is 5.75 Å². The van der Waals surface area contributed by atoms with E-state index in [1.165, 1.54) is 0 Å². The zero-order valence-electron chi connectivity index (χ0n) is 23.4. The lowest BCUT2D eigenvalue weighted by Crippen LogP contribution is -2.57. The van der Waals surface area contributed by atoms with Crippen molar-refractivity contribution in [1.82, 2.24) is 14.7 Å². The topological polar surface area (TPSA) is 73.3 Å². The number of benzene rings is 2. The summed E-state index contributed by atoms with van der Waals surface area (Å²) in [4.78, 5) is 32.1. The van der Waals surface area contributed by atoms with Gasteiger partial charge in [-0.3, -0.25) is 14.6 Å². The Morgan fingerprint density at radius 2 is 1.74 bits per heavy atom. The number of phenols is 1. The third-order valence-corrected chi connectivity index (χ3v) is 7.80. The second kappa shape index (κ2) is 13.1. The minimum absolute atomic E-state index is 0.00101. The Morgan fingerprint density at radius 3 is 2.41 bits per heavy atom. The van der Waals surface area contributed by atoms with Crippen LogP contribution in [0, 0.1) is 0 Å². The molecule has 7 nitrogen and oxygen atoms in total. The highest BCUT2D eigenvalue weighted by Crippen LogP contribution is 2.35. The lowest BCUT2D eigenvalue weighted by Gasteiger charge is -2.47. The molecule has 208 valence electrons. The van der Waals surface area contributed by atoms with Gasteiger partial charge in [0.2, 0.25) is 0 Å². The maximum atomic E-state index is 13.5. The van der Waals surface area contributed by atoms with E-state index in [9.17, 15) is 14.7 Å². The summed E-state index contributed by atoms with van der Waals surface area (Å²) in [7, 11) is 0. The Kier molecular flexibility index (Phi) is 9.59. The molecule has 2 heterocycles. The molecule has 2 aromatic rings. The molecule has 0 aliphatic carbocycles. The SMILES string of the molecule is C=CCN1C[C@@H](C)N(C(c2cccc(O)c2)c2cccc(C(=O)N3CCC(=CC(=O)OCC)CC3)c2)C[C@H]1C. The van der Waals surface area contributed by atoms with E-state index in [1.807, 2.05) is 41.3 Å². The van der Waals surface area contributed by atoms with E-state index >= 15 is 0 Å². The van der Waals surface area contributed by atoms with Crippen LogP contribution in [-0.4, -0.2) is 83.1 Å². The molecule has 2 aliphatic heterocycles. The molecule has 2 fully saturated rings. The summed E-state index contributed by atoms with van der Waals surface area (Å²) in [6, 6.07) is 15.9. The summed E-state index contributed by atoms with van der Waals surface area (Å²) in [6.07, 6.45) is 4.86. The third kappa shape index (κ3) is 6.97. The number of likely N-dealkylation sites (tertiary alicyclic amines) is 1. The number of aromatic hydroxyl groups is 1. The molecule has 3 atom stereocenters. The number of phenolic OH excluding ortho intramolecular Hbond substituents is 1. The molecule has 7 heteroatoms. The predicted molar refractivity (Wildman–Crippen MR) is 154 cm³/mol. The zero-order valence-corrected chi connectivity index (χ0v) is 23.4. The molecule has 2 aliphatic rings. The predicted octanol–water partition coefficient (Wildman–Crippen LogP) is 4.79. The summed E-state index contributed by atoms with van der Waals surface area (Å²) < 4.78 is 5.03. The number of hydrogen-bond donors (Lipinski definition) is 1. The molecule has 0 radical (unpaired) electrons. The van der Waals surface area contributed by atoms with Gasteiger partial charge in [0.15, 0.2) is 0 Å². The summed E-state index contributed by atoms with van der Waals surface area (Å²) in [5.41, 5.74) is 3.71. The smallest absolute Gasteiger partial charge is 0.330 e. The number of rotatable bonds is 8. The van der Waals surface area contributed by atoms with E-state index in [4.69, 9.17) is 4.74 Å². The fraction of sp³-hybridized carbons (Fsp3) is 0.438.